The van der Waals surface area contributed by atoms with Crippen LogP contribution < -0.4 is 10.2 Å². The molecule has 1 aliphatic heterocycles. The van der Waals surface area contributed by atoms with Crippen molar-refractivity contribution < 1.29 is 4.39 Å². The highest BCUT2D eigenvalue weighted by molar-refractivity contribution is 5.65. The summed E-state index contributed by atoms with van der Waals surface area (Å²) < 4.78 is 13.0. The lowest BCUT2D eigenvalue weighted by molar-refractivity contribution is 0.627. The third-order valence-corrected chi connectivity index (χ3v) is 4.82. The lowest BCUT2D eigenvalue weighted by Crippen LogP contribution is -2.20. The van der Waals surface area contributed by atoms with Crippen molar-refractivity contribution in [1.82, 2.24) is 9.97 Å². The average Bonchev–Trinajstić information content (AvgIpc) is 3.25. The van der Waals surface area contributed by atoms with Gasteiger partial charge in [-0.05, 0) is 37.0 Å². The van der Waals surface area contributed by atoms with Gasteiger partial charge in [0.25, 0.3) is 0 Å². The van der Waals surface area contributed by atoms with Crippen molar-refractivity contribution in [2.24, 2.45) is 0 Å². The monoisotopic (exact) mass is 362 g/mol. The highest BCUT2D eigenvalue weighted by Gasteiger charge is 2.16. The van der Waals surface area contributed by atoms with Crippen LogP contribution in [0.2, 0.25) is 0 Å². The van der Waals surface area contributed by atoms with Crippen LogP contribution in [0.5, 0.6) is 0 Å². The third kappa shape index (κ3) is 4.42. The van der Waals surface area contributed by atoms with E-state index in [1.165, 1.54) is 25.0 Å². The van der Waals surface area contributed by atoms with E-state index in [0.29, 0.717) is 12.5 Å². The van der Waals surface area contributed by atoms with Crippen molar-refractivity contribution in [3.63, 3.8) is 0 Å². The maximum Gasteiger partial charge on any atom is 0.225 e. The molecule has 4 nitrogen and oxygen atoms in total. The molecule has 1 N–H and O–H groups in total. The van der Waals surface area contributed by atoms with Crippen LogP contribution in [-0.4, -0.2) is 29.6 Å². The molecule has 0 aliphatic carbocycles. The normalized spacial score (nSPS) is 13.7. The van der Waals surface area contributed by atoms with Crippen LogP contribution in [0.1, 0.15) is 18.4 Å². The van der Waals surface area contributed by atoms with Gasteiger partial charge >= 0.3 is 0 Å². The molecule has 0 saturated carbocycles. The zero-order valence-corrected chi connectivity index (χ0v) is 15.2. The molecule has 0 bridgehead atoms. The van der Waals surface area contributed by atoms with Crippen LogP contribution in [0.25, 0.3) is 11.3 Å². The highest BCUT2D eigenvalue weighted by Crippen LogP contribution is 2.25. The minimum atomic E-state index is -0.208. The lowest BCUT2D eigenvalue weighted by atomic mass is 10.1. The number of anilines is 2. The van der Waals surface area contributed by atoms with E-state index in [2.05, 4.69) is 28.4 Å². The molecule has 4 rings (SSSR count). The molecule has 27 heavy (non-hydrogen) atoms. The summed E-state index contributed by atoms with van der Waals surface area (Å²) in [6.45, 7) is 2.78. The molecule has 2 heterocycles. The molecular formula is C22H23FN4. The molecule has 1 aromatic heterocycles. The minimum Gasteiger partial charge on any atom is -0.356 e. The molecule has 2 aromatic carbocycles. The van der Waals surface area contributed by atoms with Gasteiger partial charge in [-0.3, -0.25) is 0 Å². The number of nitrogens with zero attached hydrogens (tertiary/aromatic N) is 3. The van der Waals surface area contributed by atoms with Crippen molar-refractivity contribution in [2.45, 2.75) is 19.3 Å². The number of benzene rings is 2. The molecule has 0 amide bonds. The SMILES string of the molecule is Fc1ccc(CCNc2nc(-c3ccccc3)cc(N3CCCC3)n2)cc1. The second-order valence-corrected chi connectivity index (χ2v) is 6.80. The van der Waals surface area contributed by atoms with E-state index >= 15 is 0 Å². The Morgan fingerprint density at radius 3 is 2.41 bits per heavy atom. The minimum absolute atomic E-state index is 0.208. The first-order valence-electron chi connectivity index (χ1n) is 9.46. The standard InChI is InChI=1S/C22H23FN4/c23-19-10-8-17(9-11-19)12-13-24-22-25-20(18-6-2-1-3-7-18)16-21(26-22)27-14-4-5-15-27/h1-3,6-11,16H,4-5,12-15H2,(H,24,25,26). The molecule has 3 aromatic rings. The Morgan fingerprint density at radius 2 is 1.67 bits per heavy atom. The highest BCUT2D eigenvalue weighted by atomic mass is 19.1. The van der Waals surface area contributed by atoms with Crippen LogP contribution in [0.4, 0.5) is 16.2 Å². The topological polar surface area (TPSA) is 41.1 Å². The first-order chi connectivity index (χ1) is 13.3. The van der Waals surface area contributed by atoms with Gasteiger partial charge < -0.3 is 10.2 Å². The van der Waals surface area contributed by atoms with Gasteiger partial charge in [0.05, 0.1) is 5.69 Å². The Balaban J connectivity index is 1.53. The molecule has 0 radical (unpaired) electrons. The predicted octanol–water partition coefficient (Wildman–Crippen LogP) is 4.54. The second-order valence-electron chi connectivity index (χ2n) is 6.80. The number of rotatable bonds is 6. The van der Waals surface area contributed by atoms with Crippen LogP contribution in [0, 0.1) is 5.82 Å². The van der Waals surface area contributed by atoms with Gasteiger partial charge in [0.1, 0.15) is 11.6 Å². The van der Waals surface area contributed by atoms with E-state index in [1.807, 2.05) is 30.3 Å². The van der Waals surface area contributed by atoms with Crippen LogP contribution in [0.15, 0.2) is 60.7 Å². The molecule has 0 spiro atoms. The Hall–Kier alpha value is -2.95. The summed E-state index contributed by atoms with van der Waals surface area (Å²) in [5.41, 5.74) is 3.10. The fourth-order valence-corrected chi connectivity index (χ4v) is 3.35. The van der Waals surface area contributed by atoms with Crippen LogP contribution >= 0.6 is 0 Å². The molecule has 1 aliphatic rings. The van der Waals surface area contributed by atoms with Crippen LogP contribution in [0.3, 0.4) is 0 Å². The van der Waals surface area contributed by atoms with Crippen molar-refractivity contribution in [3.05, 3.63) is 72.0 Å². The van der Waals surface area contributed by atoms with E-state index in [-0.39, 0.29) is 5.82 Å². The molecule has 1 saturated heterocycles. The fourth-order valence-electron chi connectivity index (χ4n) is 3.35. The molecule has 1 fully saturated rings. The quantitative estimate of drug-likeness (QED) is 0.699. The Labute approximate surface area is 159 Å². The number of halogens is 1. The van der Waals surface area contributed by atoms with Gasteiger partial charge in [0.2, 0.25) is 5.95 Å². The summed E-state index contributed by atoms with van der Waals surface area (Å²) in [5, 5.41) is 3.34. The Morgan fingerprint density at radius 1 is 0.926 bits per heavy atom. The Kier molecular flexibility index (Phi) is 5.28. The first kappa shape index (κ1) is 17.5. The predicted molar refractivity (Wildman–Crippen MR) is 108 cm³/mol. The van der Waals surface area contributed by atoms with Gasteiger partial charge in [-0.2, -0.15) is 4.98 Å². The number of hydrogen-bond acceptors (Lipinski definition) is 4. The van der Waals surface area contributed by atoms with Gasteiger partial charge in [0, 0.05) is 31.3 Å². The van der Waals surface area contributed by atoms with E-state index in [0.717, 1.165) is 42.1 Å². The van der Waals surface area contributed by atoms with Crippen molar-refractivity contribution in [3.8, 4) is 11.3 Å². The molecule has 0 unspecified atom stereocenters. The molecule has 138 valence electrons. The number of nitrogens with one attached hydrogen (secondary N) is 1. The lowest BCUT2D eigenvalue weighted by Gasteiger charge is -2.18. The maximum absolute atomic E-state index is 13.0. The van der Waals surface area contributed by atoms with Crippen molar-refractivity contribution >= 4 is 11.8 Å². The molecular weight excluding hydrogens is 339 g/mol. The first-order valence-corrected chi connectivity index (χ1v) is 9.46. The zero-order valence-electron chi connectivity index (χ0n) is 15.2. The summed E-state index contributed by atoms with van der Waals surface area (Å²) in [5.74, 6) is 1.41. The summed E-state index contributed by atoms with van der Waals surface area (Å²) in [6.07, 6.45) is 3.20. The van der Waals surface area contributed by atoms with E-state index in [4.69, 9.17) is 9.97 Å². The Bertz CT molecular complexity index is 875. The number of hydrogen-bond donors (Lipinski definition) is 1. The largest absolute Gasteiger partial charge is 0.356 e. The third-order valence-electron chi connectivity index (χ3n) is 4.82. The van der Waals surface area contributed by atoms with Gasteiger partial charge in [-0.15, -0.1) is 0 Å². The van der Waals surface area contributed by atoms with Crippen molar-refractivity contribution in [2.75, 3.05) is 29.9 Å². The van der Waals surface area contributed by atoms with Crippen LogP contribution in [-0.2, 0) is 6.42 Å². The zero-order chi connectivity index (χ0) is 18.5. The van der Waals surface area contributed by atoms with E-state index in [1.54, 1.807) is 0 Å². The van der Waals surface area contributed by atoms with E-state index in [9.17, 15) is 4.39 Å². The summed E-state index contributed by atoms with van der Waals surface area (Å²) in [7, 11) is 0. The summed E-state index contributed by atoms with van der Waals surface area (Å²) in [4.78, 5) is 11.8. The van der Waals surface area contributed by atoms with Crippen molar-refractivity contribution in [1.29, 1.82) is 0 Å². The van der Waals surface area contributed by atoms with Gasteiger partial charge in [-0.25, -0.2) is 9.37 Å². The van der Waals surface area contributed by atoms with Gasteiger partial charge in [0.15, 0.2) is 0 Å². The molecule has 0 atom stereocenters. The van der Waals surface area contributed by atoms with Gasteiger partial charge in [-0.1, -0.05) is 42.5 Å². The second kappa shape index (κ2) is 8.16. The maximum atomic E-state index is 13.0. The van der Waals surface area contributed by atoms with E-state index < -0.39 is 0 Å². The fraction of sp³-hybridized carbons (Fsp3) is 0.273. The molecule has 5 heteroatoms. The summed E-state index contributed by atoms with van der Waals surface area (Å²) >= 11 is 0. The smallest absolute Gasteiger partial charge is 0.225 e. The summed E-state index contributed by atoms with van der Waals surface area (Å²) in [6, 6.07) is 18.9. The number of aromatic nitrogens is 2. The average molecular weight is 362 g/mol.